The van der Waals surface area contributed by atoms with Gasteiger partial charge in [0.1, 0.15) is 5.75 Å². The molecule has 0 saturated carbocycles. The minimum Gasteiger partial charge on any atom is -0.491 e. The average molecular weight is 235 g/mol. The van der Waals surface area contributed by atoms with E-state index in [9.17, 15) is 0 Å². The fourth-order valence-electron chi connectivity index (χ4n) is 2.12. The quantitative estimate of drug-likeness (QED) is 0.873. The number of morpholine rings is 1. The Kier molecular flexibility index (Phi) is 4.02. The summed E-state index contributed by atoms with van der Waals surface area (Å²) in [4.78, 5) is 0. The molecular formula is C14H21NO2. The average Bonchev–Trinajstić information content (AvgIpc) is 2.30. The Hall–Kier alpha value is -1.06. The largest absolute Gasteiger partial charge is 0.491 e. The van der Waals surface area contributed by atoms with Gasteiger partial charge < -0.3 is 14.8 Å². The molecule has 1 aliphatic rings. The van der Waals surface area contributed by atoms with E-state index in [1.807, 2.05) is 26.0 Å². The second kappa shape index (κ2) is 5.52. The molecule has 0 amide bonds. The van der Waals surface area contributed by atoms with Gasteiger partial charge >= 0.3 is 0 Å². The standard InChI is InChI=1S/C14H21NO2/c1-10(2)17-13-6-4-12(5-7-13)14-11(3)15-8-9-16-14/h4-7,10-11,14-15H,8-9H2,1-3H3. The summed E-state index contributed by atoms with van der Waals surface area (Å²) >= 11 is 0. The third-order valence-corrected chi connectivity index (χ3v) is 2.90. The van der Waals surface area contributed by atoms with Gasteiger partial charge in [0, 0.05) is 12.6 Å². The molecule has 1 aliphatic heterocycles. The number of hydrogen-bond acceptors (Lipinski definition) is 3. The number of rotatable bonds is 3. The van der Waals surface area contributed by atoms with Gasteiger partial charge in [0.05, 0.1) is 18.8 Å². The molecule has 1 N–H and O–H groups in total. The fraction of sp³-hybridized carbons (Fsp3) is 0.571. The zero-order valence-corrected chi connectivity index (χ0v) is 10.8. The monoisotopic (exact) mass is 235 g/mol. The molecule has 3 heteroatoms. The van der Waals surface area contributed by atoms with Gasteiger partial charge in [-0.2, -0.15) is 0 Å². The van der Waals surface area contributed by atoms with Crippen LogP contribution < -0.4 is 10.1 Å². The van der Waals surface area contributed by atoms with Crippen LogP contribution in [0.5, 0.6) is 5.75 Å². The topological polar surface area (TPSA) is 30.5 Å². The zero-order valence-electron chi connectivity index (χ0n) is 10.8. The van der Waals surface area contributed by atoms with Gasteiger partial charge in [-0.1, -0.05) is 12.1 Å². The van der Waals surface area contributed by atoms with Gasteiger partial charge in [-0.3, -0.25) is 0 Å². The minimum atomic E-state index is 0.150. The van der Waals surface area contributed by atoms with Crippen molar-refractivity contribution in [2.24, 2.45) is 0 Å². The first-order valence-electron chi connectivity index (χ1n) is 6.28. The van der Waals surface area contributed by atoms with Crippen molar-refractivity contribution in [2.45, 2.75) is 39.0 Å². The van der Waals surface area contributed by atoms with E-state index in [1.54, 1.807) is 0 Å². The van der Waals surface area contributed by atoms with E-state index in [2.05, 4.69) is 24.4 Å². The molecule has 94 valence electrons. The third-order valence-electron chi connectivity index (χ3n) is 2.90. The second-order valence-electron chi connectivity index (χ2n) is 4.77. The number of nitrogens with one attached hydrogen (secondary N) is 1. The van der Waals surface area contributed by atoms with E-state index in [4.69, 9.17) is 9.47 Å². The van der Waals surface area contributed by atoms with Crippen molar-refractivity contribution in [2.75, 3.05) is 13.2 Å². The van der Waals surface area contributed by atoms with Crippen LogP contribution in [-0.4, -0.2) is 25.3 Å². The van der Waals surface area contributed by atoms with Crippen LogP contribution >= 0.6 is 0 Å². The first kappa shape index (κ1) is 12.4. The Morgan fingerprint density at radius 1 is 1.29 bits per heavy atom. The van der Waals surface area contributed by atoms with Crippen molar-refractivity contribution in [3.63, 3.8) is 0 Å². The van der Waals surface area contributed by atoms with Crippen LogP contribution in [0.4, 0.5) is 0 Å². The summed E-state index contributed by atoms with van der Waals surface area (Å²) in [5.74, 6) is 0.917. The van der Waals surface area contributed by atoms with Crippen LogP contribution in [0.1, 0.15) is 32.4 Å². The van der Waals surface area contributed by atoms with E-state index >= 15 is 0 Å². The Labute approximate surface area is 103 Å². The van der Waals surface area contributed by atoms with Gasteiger partial charge in [-0.05, 0) is 38.5 Å². The van der Waals surface area contributed by atoms with Crippen LogP contribution in [0.25, 0.3) is 0 Å². The summed E-state index contributed by atoms with van der Waals surface area (Å²) in [6.07, 6.45) is 0.365. The van der Waals surface area contributed by atoms with E-state index in [0.29, 0.717) is 6.04 Å². The van der Waals surface area contributed by atoms with Crippen LogP contribution in [0.2, 0.25) is 0 Å². The van der Waals surface area contributed by atoms with Crippen LogP contribution in [0.15, 0.2) is 24.3 Å². The molecule has 1 fully saturated rings. The maximum Gasteiger partial charge on any atom is 0.119 e. The number of hydrogen-bond donors (Lipinski definition) is 1. The maximum atomic E-state index is 5.79. The summed E-state index contributed by atoms with van der Waals surface area (Å²) in [5.41, 5.74) is 1.21. The summed E-state index contributed by atoms with van der Waals surface area (Å²) in [6.45, 7) is 7.93. The lowest BCUT2D eigenvalue weighted by Crippen LogP contribution is -2.41. The van der Waals surface area contributed by atoms with Gasteiger partial charge in [0.2, 0.25) is 0 Å². The molecule has 1 aromatic rings. The Balaban J connectivity index is 2.06. The highest BCUT2D eigenvalue weighted by atomic mass is 16.5. The Morgan fingerprint density at radius 2 is 2.00 bits per heavy atom. The molecule has 2 rings (SSSR count). The fourth-order valence-corrected chi connectivity index (χ4v) is 2.12. The van der Waals surface area contributed by atoms with Crippen molar-refractivity contribution in [1.82, 2.24) is 5.32 Å². The molecule has 1 saturated heterocycles. The summed E-state index contributed by atoms with van der Waals surface area (Å²) < 4.78 is 11.4. The van der Waals surface area contributed by atoms with E-state index < -0.39 is 0 Å². The first-order chi connectivity index (χ1) is 8.16. The van der Waals surface area contributed by atoms with Gasteiger partial charge in [0.25, 0.3) is 0 Å². The summed E-state index contributed by atoms with van der Waals surface area (Å²) in [5, 5.41) is 3.42. The molecule has 0 aromatic heterocycles. The molecule has 2 atom stereocenters. The van der Waals surface area contributed by atoms with Crippen molar-refractivity contribution >= 4 is 0 Å². The summed E-state index contributed by atoms with van der Waals surface area (Å²) in [7, 11) is 0. The number of ether oxygens (including phenoxy) is 2. The predicted molar refractivity (Wildman–Crippen MR) is 68.4 cm³/mol. The maximum absolute atomic E-state index is 5.79. The molecule has 0 spiro atoms. The lowest BCUT2D eigenvalue weighted by atomic mass is 10.0. The van der Waals surface area contributed by atoms with Crippen LogP contribution in [-0.2, 0) is 4.74 Å². The highest BCUT2D eigenvalue weighted by Crippen LogP contribution is 2.25. The molecule has 17 heavy (non-hydrogen) atoms. The van der Waals surface area contributed by atoms with Crippen molar-refractivity contribution in [3.8, 4) is 5.75 Å². The molecule has 1 aromatic carbocycles. The molecule has 0 aliphatic carbocycles. The Morgan fingerprint density at radius 3 is 2.59 bits per heavy atom. The second-order valence-corrected chi connectivity index (χ2v) is 4.77. The highest BCUT2D eigenvalue weighted by Gasteiger charge is 2.23. The third kappa shape index (κ3) is 3.20. The molecule has 1 heterocycles. The molecule has 0 bridgehead atoms. The van der Waals surface area contributed by atoms with Gasteiger partial charge in [-0.25, -0.2) is 0 Å². The smallest absolute Gasteiger partial charge is 0.119 e. The van der Waals surface area contributed by atoms with E-state index in [-0.39, 0.29) is 12.2 Å². The SMILES string of the molecule is CC(C)Oc1ccc(C2OCCNC2C)cc1. The number of benzene rings is 1. The van der Waals surface area contributed by atoms with Gasteiger partial charge in [-0.15, -0.1) is 0 Å². The Bertz CT molecular complexity index is 348. The van der Waals surface area contributed by atoms with Crippen molar-refractivity contribution in [3.05, 3.63) is 29.8 Å². The molecule has 0 radical (unpaired) electrons. The lowest BCUT2D eigenvalue weighted by molar-refractivity contribution is -0.000255. The lowest BCUT2D eigenvalue weighted by Gasteiger charge is -2.30. The normalized spacial score (nSPS) is 24.9. The minimum absolute atomic E-state index is 0.150. The molecule has 2 unspecified atom stereocenters. The van der Waals surface area contributed by atoms with Crippen LogP contribution in [0, 0.1) is 0 Å². The first-order valence-corrected chi connectivity index (χ1v) is 6.28. The molecule has 3 nitrogen and oxygen atoms in total. The van der Waals surface area contributed by atoms with Crippen LogP contribution in [0.3, 0.4) is 0 Å². The van der Waals surface area contributed by atoms with Crippen molar-refractivity contribution < 1.29 is 9.47 Å². The predicted octanol–water partition coefficient (Wildman–Crippen LogP) is 2.52. The summed E-state index contributed by atoms with van der Waals surface area (Å²) in [6, 6.07) is 8.57. The van der Waals surface area contributed by atoms with Gasteiger partial charge in [0.15, 0.2) is 0 Å². The van der Waals surface area contributed by atoms with Crippen molar-refractivity contribution in [1.29, 1.82) is 0 Å². The zero-order chi connectivity index (χ0) is 12.3. The highest BCUT2D eigenvalue weighted by molar-refractivity contribution is 5.29. The molecular weight excluding hydrogens is 214 g/mol. The van der Waals surface area contributed by atoms with E-state index in [0.717, 1.165) is 18.9 Å². The van der Waals surface area contributed by atoms with E-state index in [1.165, 1.54) is 5.56 Å².